The number of aromatic nitrogens is 2. The Morgan fingerprint density at radius 3 is 2.48 bits per heavy atom. The molecular formula is C20H21N3O2. The van der Waals surface area contributed by atoms with E-state index in [1.54, 1.807) is 0 Å². The number of para-hydroxylation sites is 1. The number of ether oxygens (including phenoxy) is 1. The molecule has 0 aliphatic heterocycles. The number of rotatable bonds is 4. The summed E-state index contributed by atoms with van der Waals surface area (Å²) in [6.45, 7) is 6.35. The van der Waals surface area contributed by atoms with Gasteiger partial charge in [-0.2, -0.15) is 0 Å². The second-order valence-electron chi connectivity index (χ2n) is 6.86. The Morgan fingerprint density at radius 2 is 1.76 bits per heavy atom. The van der Waals surface area contributed by atoms with Crippen LogP contribution in [0.1, 0.15) is 26.3 Å². The topological polar surface area (TPSA) is 64.1 Å². The summed E-state index contributed by atoms with van der Waals surface area (Å²) in [6, 6.07) is 15.4. The van der Waals surface area contributed by atoms with Crippen molar-refractivity contribution in [2.75, 3.05) is 11.9 Å². The average Bonchev–Trinajstić information content (AvgIpc) is 2.59. The molecule has 0 spiro atoms. The number of nitrogens with one attached hydrogen (secondary N) is 1. The summed E-state index contributed by atoms with van der Waals surface area (Å²) in [4.78, 5) is 20.4. The molecule has 0 atom stereocenters. The third kappa shape index (κ3) is 4.12. The van der Waals surface area contributed by atoms with Crippen molar-refractivity contribution in [3.05, 3.63) is 60.4 Å². The van der Waals surface area contributed by atoms with E-state index in [0.29, 0.717) is 5.88 Å². The van der Waals surface area contributed by atoms with Gasteiger partial charge in [-0.05, 0) is 35.2 Å². The summed E-state index contributed by atoms with van der Waals surface area (Å²) in [5.41, 5.74) is 2.83. The van der Waals surface area contributed by atoms with Gasteiger partial charge < -0.3 is 10.1 Å². The highest BCUT2D eigenvalue weighted by Gasteiger charge is 2.13. The Morgan fingerprint density at radius 1 is 1.04 bits per heavy atom. The summed E-state index contributed by atoms with van der Waals surface area (Å²) >= 11 is 0. The monoisotopic (exact) mass is 335 g/mol. The van der Waals surface area contributed by atoms with Crippen molar-refractivity contribution in [3.63, 3.8) is 0 Å². The Labute approximate surface area is 147 Å². The first-order chi connectivity index (χ1) is 11.9. The van der Waals surface area contributed by atoms with Crippen LogP contribution < -0.4 is 10.1 Å². The van der Waals surface area contributed by atoms with Gasteiger partial charge in [0.2, 0.25) is 5.88 Å². The van der Waals surface area contributed by atoms with Gasteiger partial charge >= 0.3 is 0 Å². The molecule has 1 N–H and O–H groups in total. The van der Waals surface area contributed by atoms with Crippen LogP contribution in [0.5, 0.6) is 5.88 Å². The maximum absolute atomic E-state index is 12.1. The Bertz CT molecular complexity index is 878. The van der Waals surface area contributed by atoms with E-state index in [2.05, 4.69) is 36.1 Å². The molecule has 0 saturated heterocycles. The molecule has 3 rings (SSSR count). The van der Waals surface area contributed by atoms with Crippen LogP contribution in [0.3, 0.4) is 0 Å². The van der Waals surface area contributed by atoms with Crippen molar-refractivity contribution >= 4 is 22.5 Å². The standard InChI is InChI=1S/C20H21N3O2/c1-20(2,3)14-8-10-15(11-9-14)23-18(24)12-25-19-16-6-4-5-7-17(16)21-13-22-19/h4-11,13H,12H2,1-3H3,(H,23,24). The fraction of sp³-hybridized carbons (Fsp3) is 0.250. The van der Waals surface area contributed by atoms with E-state index in [1.807, 2.05) is 48.5 Å². The van der Waals surface area contributed by atoms with Crippen LogP contribution in [0.15, 0.2) is 54.9 Å². The molecule has 1 amide bonds. The molecule has 1 heterocycles. The molecule has 3 aromatic rings. The van der Waals surface area contributed by atoms with E-state index in [-0.39, 0.29) is 17.9 Å². The maximum atomic E-state index is 12.1. The molecule has 0 radical (unpaired) electrons. The van der Waals surface area contributed by atoms with Gasteiger partial charge in [-0.1, -0.05) is 45.0 Å². The number of hydrogen-bond acceptors (Lipinski definition) is 4. The third-order valence-electron chi connectivity index (χ3n) is 3.88. The molecule has 25 heavy (non-hydrogen) atoms. The minimum absolute atomic E-state index is 0.0831. The maximum Gasteiger partial charge on any atom is 0.262 e. The van der Waals surface area contributed by atoms with E-state index in [9.17, 15) is 4.79 Å². The molecule has 1 aromatic heterocycles. The lowest BCUT2D eigenvalue weighted by Crippen LogP contribution is -2.20. The van der Waals surface area contributed by atoms with Crippen LogP contribution >= 0.6 is 0 Å². The molecule has 2 aromatic carbocycles. The first-order valence-electron chi connectivity index (χ1n) is 8.16. The number of amides is 1. The number of anilines is 1. The SMILES string of the molecule is CC(C)(C)c1ccc(NC(=O)COc2ncnc3ccccc23)cc1. The number of carbonyl (C=O) groups excluding carboxylic acids is 1. The number of carbonyl (C=O) groups is 1. The van der Waals surface area contributed by atoms with Crippen molar-refractivity contribution in [2.45, 2.75) is 26.2 Å². The number of nitrogens with zero attached hydrogens (tertiary/aromatic N) is 2. The fourth-order valence-corrected chi connectivity index (χ4v) is 2.48. The molecule has 0 bridgehead atoms. The van der Waals surface area contributed by atoms with Crippen LogP contribution in [0.25, 0.3) is 10.9 Å². The molecule has 0 saturated carbocycles. The zero-order chi connectivity index (χ0) is 17.9. The predicted molar refractivity (Wildman–Crippen MR) is 98.8 cm³/mol. The molecule has 0 aliphatic carbocycles. The number of hydrogen-bond donors (Lipinski definition) is 1. The Hall–Kier alpha value is -2.95. The lowest BCUT2D eigenvalue weighted by atomic mass is 9.87. The van der Waals surface area contributed by atoms with Crippen molar-refractivity contribution in [3.8, 4) is 5.88 Å². The highest BCUT2D eigenvalue weighted by atomic mass is 16.5. The van der Waals surface area contributed by atoms with E-state index >= 15 is 0 Å². The van der Waals surface area contributed by atoms with Gasteiger partial charge in [-0.3, -0.25) is 4.79 Å². The highest BCUT2D eigenvalue weighted by molar-refractivity contribution is 5.92. The molecule has 5 nitrogen and oxygen atoms in total. The van der Waals surface area contributed by atoms with Crippen LogP contribution in [-0.4, -0.2) is 22.5 Å². The van der Waals surface area contributed by atoms with Crippen molar-refractivity contribution in [2.24, 2.45) is 0 Å². The molecule has 5 heteroatoms. The normalized spacial score (nSPS) is 11.3. The lowest BCUT2D eigenvalue weighted by molar-refractivity contribution is -0.118. The molecule has 0 unspecified atom stereocenters. The van der Waals surface area contributed by atoms with E-state index < -0.39 is 0 Å². The second kappa shape index (κ2) is 6.89. The second-order valence-corrected chi connectivity index (χ2v) is 6.86. The van der Waals surface area contributed by atoms with Gasteiger partial charge in [0.15, 0.2) is 6.61 Å². The molecule has 0 fully saturated rings. The zero-order valence-electron chi connectivity index (χ0n) is 14.6. The van der Waals surface area contributed by atoms with Gasteiger partial charge in [-0.25, -0.2) is 9.97 Å². The predicted octanol–water partition coefficient (Wildman–Crippen LogP) is 3.94. The van der Waals surface area contributed by atoms with Gasteiger partial charge in [0.1, 0.15) is 6.33 Å². The van der Waals surface area contributed by atoms with Crippen molar-refractivity contribution < 1.29 is 9.53 Å². The number of fused-ring (bicyclic) bond motifs is 1. The van der Waals surface area contributed by atoms with Gasteiger partial charge in [0, 0.05) is 5.69 Å². The average molecular weight is 335 g/mol. The lowest BCUT2D eigenvalue weighted by Gasteiger charge is -2.19. The van der Waals surface area contributed by atoms with Gasteiger partial charge in [-0.15, -0.1) is 0 Å². The number of benzene rings is 2. The molecule has 128 valence electrons. The first kappa shape index (κ1) is 16.9. The summed E-state index contributed by atoms with van der Waals surface area (Å²) in [5, 5.41) is 3.62. The van der Waals surface area contributed by atoms with Crippen LogP contribution in [-0.2, 0) is 10.2 Å². The summed E-state index contributed by atoms with van der Waals surface area (Å²) in [5.74, 6) is 0.176. The minimum atomic E-state index is -0.230. The van der Waals surface area contributed by atoms with Crippen molar-refractivity contribution in [1.82, 2.24) is 9.97 Å². The summed E-state index contributed by atoms with van der Waals surface area (Å²) in [7, 11) is 0. The molecular weight excluding hydrogens is 314 g/mol. The smallest absolute Gasteiger partial charge is 0.262 e. The van der Waals surface area contributed by atoms with Gasteiger partial charge in [0.05, 0.1) is 10.9 Å². The highest BCUT2D eigenvalue weighted by Crippen LogP contribution is 2.23. The van der Waals surface area contributed by atoms with E-state index in [0.717, 1.165) is 16.6 Å². The van der Waals surface area contributed by atoms with Crippen molar-refractivity contribution in [1.29, 1.82) is 0 Å². The Balaban J connectivity index is 1.63. The summed E-state index contributed by atoms with van der Waals surface area (Å²) in [6.07, 6.45) is 1.43. The third-order valence-corrected chi connectivity index (χ3v) is 3.88. The Kier molecular flexibility index (Phi) is 4.65. The van der Waals surface area contributed by atoms with Crippen LogP contribution in [0, 0.1) is 0 Å². The zero-order valence-corrected chi connectivity index (χ0v) is 14.6. The quantitative estimate of drug-likeness (QED) is 0.784. The van der Waals surface area contributed by atoms with E-state index in [1.165, 1.54) is 11.9 Å². The summed E-state index contributed by atoms with van der Waals surface area (Å²) < 4.78 is 5.57. The largest absolute Gasteiger partial charge is 0.467 e. The minimum Gasteiger partial charge on any atom is -0.467 e. The van der Waals surface area contributed by atoms with Gasteiger partial charge in [0.25, 0.3) is 5.91 Å². The molecule has 0 aliphatic rings. The first-order valence-corrected chi connectivity index (χ1v) is 8.16. The van der Waals surface area contributed by atoms with E-state index in [4.69, 9.17) is 4.74 Å². The fourth-order valence-electron chi connectivity index (χ4n) is 2.48. The van der Waals surface area contributed by atoms with Crippen LogP contribution in [0.2, 0.25) is 0 Å². The van der Waals surface area contributed by atoms with Crippen LogP contribution in [0.4, 0.5) is 5.69 Å².